The molecular weight excluding hydrogens is 500 g/mol. The summed E-state index contributed by atoms with van der Waals surface area (Å²) >= 11 is 0. The van der Waals surface area contributed by atoms with Crippen molar-refractivity contribution < 1.29 is 24.9 Å². The van der Waals surface area contributed by atoms with E-state index < -0.39 is 12.1 Å². The summed E-state index contributed by atoms with van der Waals surface area (Å²) in [6.45, 7) is 14.9. The first-order valence-corrected chi connectivity index (χ1v) is 15.5. The van der Waals surface area contributed by atoms with Crippen LogP contribution in [0, 0.1) is 0 Å². The van der Waals surface area contributed by atoms with Crippen LogP contribution >= 0.6 is 0 Å². The molecule has 1 aromatic carbocycles. The number of carboxylic acid groups (broad SMARTS) is 1. The molecule has 0 aliphatic carbocycles. The van der Waals surface area contributed by atoms with Crippen molar-refractivity contribution in [3.8, 4) is 5.75 Å². The lowest BCUT2D eigenvalue weighted by atomic mass is 9.78. The quantitative estimate of drug-likeness (QED) is 0.0895. The smallest absolute Gasteiger partial charge is 0.303 e. The minimum absolute atomic E-state index is 0.162. The summed E-state index contributed by atoms with van der Waals surface area (Å²) in [6, 6.07) is 4.20. The van der Waals surface area contributed by atoms with Gasteiger partial charge in [-0.2, -0.15) is 0 Å². The van der Waals surface area contributed by atoms with Crippen LogP contribution in [0.15, 0.2) is 36.6 Å². The highest BCUT2D eigenvalue weighted by Gasteiger charge is 2.26. The Morgan fingerprint density at radius 2 is 1.48 bits per heavy atom. The summed E-state index contributed by atoms with van der Waals surface area (Å²) in [7, 11) is 0. The van der Waals surface area contributed by atoms with Gasteiger partial charge < -0.3 is 20.1 Å². The van der Waals surface area contributed by atoms with Crippen LogP contribution in [0.2, 0.25) is 0 Å². The number of aromatic hydroxyl groups is 1. The van der Waals surface area contributed by atoms with E-state index in [2.05, 4.69) is 72.8 Å². The van der Waals surface area contributed by atoms with E-state index in [1.807, 2.05) is 6.08 Å². The minimum Gasteiger partial charge on any atom is -0.507 e. The summed E-state index contributed by atoms with van der Waals surface area (Å²) in [5.41, 5.74) is 2.73. The third-order valence-corrected chi connectivity index (χ3v) is 7.32. The average Bonchev–Trinajstić information content (AvgIpc) is 2.85. The normalized spacial score (nSPS) is 14.2. The number of carbonyl (C=O) groups is 1. The molecule has 2 unspecified atom stereocenters. The number of hydrogen-bond acceptors (Lipinski definition) is 4. The zero-order chi connectivity index (χ0) is 30.2. The van der Waals surface area contributed by atoms with Crippen LogP contribution in [0.25, 0.3) is 0 Å². The van der Waals surface area contributed by atoms with Crippen molar-refractivity contribution in [2.24, 2.45) is 0 Å². The Labute approximate surface area is 244 Å². The zero-order valence-corrected chi connectivity index (χ0v) is 26.5. The molecule has 0 heterocycles. The van der Waals surface area contributed by atoms with Crippen LogP contribution < -0.4 is 0 Å². The molecule has 0 aliphatic rings. The van der Waals surface area contributed by atoms with Gasteiger partial charge in [0.15, 0.2) is 0 Å². The van der Waals surface area contributed by atoms with Crippen molar-refractivity contribution in [3.63, 3.8) is 0 Å². The van der Waals surface area contributed by atoms with Gasteiger partial charge in [0.1, 0.15) is 11.9 Å². The Kier molecular flexibility index (Phi) is 16.3. The molecule has 0 radical (unpaired) electrons. The number of phenols is 1. The van der Waals surface area contributed by atoms with Crippen LogP contribution in [0.5, 0.6) is 5.75 Å². The fourth-order valence-corrected chi connectivity index (χ4v) is 4.82. The minimum atomic E-state index is -0.712. The molecule has 2 atom stereocenters. The molecule has 0 aromatic heterocycles. The predicted molar refractivity (Wildman–Crippen MR) is 167 cm³/mol. The molecule has 5 heteroatoms. The van der Waals surface area contributed by atoms with Crippen molar-refractivity contribution in [1.29, 1.82) is 0 Å². The third kappa shape index (κ3) is 14.4. The van der Waals surface area contributed by atoms with E-state index >= 15 is 0 Å². The van der Waals surface area contributed by atoms with Crippen molar-refractivity contribution >= 4 is 5.97 Å². The summed E-state index contributed by atoms with van der Waals surface area (Å²) in [4.78, 5) is 10.6. The number of rotatable bonds is 19. The lowest BCUT2D eigenvalue weighted by Gasteiger charge is -2.28. The summed E-state index contributed by atoms with van der Waals surface area (Å²) in [5, 5.41) is 30.5. The molecule has 0 bridgehead atoms. The topological polar surface area (TPSA) is 87.0 Å². The monoisotopic (exact) mass is 558 g/mol. The first kappa shape index (κ1) is 35.8. The molecule has 0 spiro atoms. The van der Waals surface area contributed by atoms with E-state index in [9.17, 15) is 15.0 Å². The molecule has 228 valence electrons. The lowest BCUT2D eigenvalue weighted by molar-refractivity contribution is -0.137. The molecule has 40 heavy (non-hydrogen) atoms. The summed E-state index contributed by atoms with van der Waals surface area (Å²) in [6.07, 6.45) is 18.8. The number of hydrogen-bond donors (Lipinski definition) is 3. The SMILES string of the molecule is CCCCCC(OC=CCc1cc(C(C)(C)C)c(O)c(C(C)(C)C)c1)C(O)C/C=C\CCCCCCCC(=O)O. The highest BCUT2D eigenvalue weighted by Crippen LogP contribution is 2.39. The first-order chi connectivity index (χ1) is 18.8. The van der Waals surface area contributed by atoms with Crippen LogP contribution in [-0.4, -0.2) is 33.5 Å². The average molecular weight is 559 g/mol. The standard InChI is InChI=1S/C35H58O5/c1-8-9-16-22-31(30(36)21-17-14-12-10-11-13-15-18-23-32(37)38)40-24-19-20-27-25-28(34(2,3)4)33(39)29(26-27)35(5,6)7/h14,17,19,24-26,30-31,36,39H,8-13,15-16,18,20-23H2,1-7H3,(H,37,38)/b17-14-,24-19?. The number of aliphatic hydroxyl groups is 1. The Morgan fingerprint density at radius 3 is 2.05 bits per heavy atom. The van der Waals surface area contributed by atoms with Gasteiger partial charge in [0.25, 0.3) is 0 Å². The summed E-state index contributed by atoms with van der Waals surface area (Å²) in [5.74, 6) is -0.317. The molecule has 0 saturated heterocycles. The third-order valence-electron chi connectivity index (χ3n) is 7.32. The van der Waals surface area contributed by atoms with E-state index in [1.54, 1.807) is 6.26 Å². The number of allylic oxidation sites excluding steroid dienone is 2. The molecular formula is C35H58O5. The number of carboxylic acids is 1. The highest BCUT2D eigenvalue weighted by molar-refractivity contribution is 5.66. The Morgan fingerprint density at radius 1 is 0.875 bits per heavy atom. The molecule has 0 aliphatic heterocycles. The summed E-state index contributed by atoms with van der Waals surface area (Å²) < 4.78 is 6.09. The largest absolute Gasteiger partial charge is 0.507 e. The molecule has 0 saturated carbocycles. The van der Waals surface area contributed by atoms with Crippen molar-refractivity contribution in [3.05, 3.63) is 53.3 Å². The zero-order valence-electron chi connectivity index (χ0n) is 26.5. The van der Waals surface area contributed by atoms with Gasteiger partial charge in [-0.15, -0.1) is 0 Å². The van der Waals surface area contributed by atoms with Gasteiger partial charge in [-0.1, -0.05) is 105 Å². The van der Waals surface area contributed by atoms with Crippen LogP contribution in [0.1, 0.15) is 142 Å². The van der Waals surface area contributed by atoms with Crippen molar-refractivity contribution in [2.75, 3.05) is 0 Å². The number of phenolic OH excluding ortho intramolecular Hbond substituents is 1. The molecule has 0 fully saturated rings. The van der Waals surface area contributed by atoms with Crippen molar-refractivity contribution in [2.45, 2.75) is 155 Å². The van der Waals surface area contributed by atoms with E-state index in [1.165, 1.54) is 0 Å². The number of ether oxygens (including phenoxy) is 1. The number of aliphatic hydroxyl groups excluding tert-OH is 1. The molecule has 3 N–H and O–H groups in total. The maximum absolute atomic E-state index is 11.0. The van der Waals surface area contributed by atoms with Gasteiger partial charge in [-0.05, 0) is 78.5 Å². The van der Waals surface area contributed by atoms with Gasteiger partial charge >= 0.3 is 5.97 Å². The Bertz CT molecular complexity index is 882. The predicted octanol–water partition coefficient (Wildman–Crippen LogP) is 9.13. The fraction of sp³-hybridized carbons (Fsp3) is 0.686. The maximum atomic E-state index is 11.0. The lowest BCUT2D eigenvalue weighted by Crippen LogP contribution is -2.27. The highest BCUT2D eigenvalue weighted by atomic mass is 16.5. The molecule has 0 amide bonds. The van der Waals surface area contributed by atoms with Crippen LogP contribution in [0.3, 0.4) is 0 Å². The van der Waals surface area contributed by atoms with E-state index in [4.69, 9.17) is 9.84 Å². The van der Waals surface area contributed by atoms with Crippen LogP contribution in [0.4, 0.5) is 0 Å². The van der Waals surface area contributed by atoms with Gasteiger partial charge in [-0.25, -0.2) is 0 Å². The van der Waals surface area contributed by atoms with Gasteiger partial charge in [0.05, 0.1) is 12.4 Å². The van der Waals surface area contributed by atoms with E-state index in [-0.39, 0.29) is 23.4 Å². The van der Waals surface area contributed by atoms with E-state index in [0.717, 1.165) is 80.9 Å². The second kappa shape index (κ2) is 18.2. The van der Waals surface area contributed by atoms with Crippen LogP contribution in [-0.2, 0) is 26.8 Å². The number of benzene rings is 1. The molecule has 1 aromatic rings. The first-order valence-electron chi connectivity index (χ1n) is 15.5. The molecule has 5 nitrogen and oxygen atoms in total. The van der Waals surface area contributed by atoms with Gasteiger partial charge in [-0.3, -0.25) is 4.79 Å². The fourth-order valence-electron chi connectivity index (χ4n) is 4.82. The Balaban J connectivity index is 2.69. The maximum Gasteiger partial charge on any atom is 0.303 e. The Hall–Kier alpha value is -2.27. The second-order valence-corrected chi connectivity index (χ2v) is 13.3. The van der Waals surface area contributed by atoms with Gasteiger partial charge in [0, 0.05) is 6.42 Å². The van der Waals surface area contributed by atoms with Crippen molar-refractivity contribution in [1.82, 2.24) is 0 Å². The second-order valence-electron chi connectivity index (χ2n) is 13.3. The van der Waals surface area contributed by atoms with E-state index in [0.29, 0.717) is 18.6 Å². The number of unbranched alkanes of at least 4 members (excludes halogenated alkanes) is 7. The molecule has 1 rings (SSSR count). The number of aliphatic carboxylic acids is 1. The van der Waals surface area contributed by atoms with Gasteiger partial charge in [0.2, 0.25) is 0 Å².